The van der Waals surface area contributed by atoms with Gasteiger partial charge in [-0.25, -0.2) is 0 Å². The molecule has 0 spiro atoms. The van der Waals surface area contributed by atoms with Gasteiger partial charge in [0.15, 0.2) is 0 Å². The number of benzene rings is 1. The molecule has 0 radical (unpaired) electrons. The molecule has 0 aliphatic carbocycles. The Morgan fingerprint density at radius 2 is 2.00 bits per heavy atom. The van der Waals surface area contributed by atoms with Crippen LogP contribution in [-0.4, -0.2) is 34.4 Å². The van der Waals surface area contributed by atoms with Gasteiger partial charge >= 0.3 is 0 Å². The predicted molar refractivity (Wildman–Crippen MR) is 72.4 cm³/mol. The summed E-state index contributed by atoms with van der Waals surface area (Å²) < 4.78 is 10.8. The topological polar surface area (TPSA) is 42.5 Å². The van der Waals surface area contributed by atoms with Crippen LogP contribution in [0.2, 0.25) is 0 Å². The molecular formula is C14H22N2O2. The zero-order valence-electron chi connectivity index (χ0n) is 11.5. The molecule has 1 aromatic carbocycles. The summed E-state index contributed by atoms with van der Waals surface area (Å²) in [7, 11) is 5.40. The van der Waals surface area contributed by atoms with Crippen LogP contribution in [0.25, 0.3) is 0 Å². The minimum absolute atomic E-state index is 0.326. The van der Waals surface area contributed by atoms with Crippen LogP contribution < -0.4 is 20.1 Å². The molecule has 1 aliphatic rings. The summed E-state index contributed by atoms with van der Waals surface area (Å²) in [5.41, 5.74) is 2.45. The van der Waals surface area contributed by atoms with Crippen LogP contribution in [0.3, 0.4) is 0 Å². The molecule has 0 saturated carbocycles. The molecule has 4 heteroatoms. The Morgan fingerprint density at radius 3 is 2.44 bits per heavy atom. The first-order chi connectivity index (χ1) is 8.71. The van der Waals surface area contributed by atoms with E-state index >= 15 is 0 Å². The highest BCUT2D eigenvalue weighted by Crippen LogP contribution is 2.37. The first kappa shape index (κ1) is 13.2. The van der Waals surface area contributed by atoms with Gasteiger partial charge in [-0.3, -0.25) is 0 Å². The van der Waals surface area contributed by atoms with Gasteiger partial charge in [-0.15, -0.1) is 0 Å². The molecule has 0 amide bonds. The van der Waals surface area contributed by atoms with E-state index in [4.69, 9.17) is 9.47 Å². The van der Waals surface area contributed by atoms with Crippen LogP contribution >= 0.6 is 0 Å². The van der Waals surface area contributed by atoms with Gasteiger partial charge in [0.2, 0.25) is 0 Å². The highest BCUT2D eigenvalue weighted by molar-refractivity contribution is 5.48. The summed E-state index contributed by atoms with van der Waals surface area (Å²) in [5, 5.41) is 6.73. The van der Waals surface area contributed by atoms with Crippen LogP contribution in [0.15, 0.2) is 12.1 Å². The fourth-order valence-electron chi connectivity index (χ4n) is 2.58. The largest absolute Gasteiger partial charge is 0.497 e. The average Bonchev–Trinajstić information content (AvgIpc) is 2.33. The smallest absolute Gasteiger partial charge is 0.127 e. The van der Waals surface area contributed by atoms with E-state index in [9.17, 15) is 0 Å². The third-order valence-corrected chi connectivity index (χ3v) is 3.68. The molecule has 1 fully saturated rings. The summed E-state index contributed by atoms with van der Waals surface area (Å²) in [5.74, 6) is 2.36. The third-order valence-electron chi connectivity index (χ3n) is 3.68. The summed E-state index contributed by atoms with van der Waals surface area (Å²) in [6, 6.07) is 4.35. The number of rotatable bonds is 5. The van der Waals surface area contributed by atoms with E-state index in [-0.39, 0.29) is 0 Å². The highest BCUT2D eigenvalue weighted by atomic mass is 16.5. The Balaban J connectivity index is 2.40. The summed E-state index contributed by atoms with van der Waals surface area (Å²) in [4.78, 5) is 0. The molecule has 1 heterocycles. The minimum atomic E-state index is 0.326. The van der Waals surface area contributed by atoms with Gasteiger partial charge in [-0.2, -0.15) is 0 Å². The van der Waals surface area contributed by atoms with E-state index in [1.54, 1.807) is 14.2 Å². The lowest BCUT2D eigenvalue weighted by molar-refractivity contribution is 0.261. The number of ether oxygens (including phenoxy) is 2. The van der Waals surface area contributed by atoms with Crippen molar-refractivity contribution in [3.05, 3.63) is 23.3 Å². The minimum Gasteiger partial charge on any atom is -0.497 e. The van der Waals surface area contributed by atoms with Crippen molar-refractivity contribution in [2.75, 3.05) is 34.4 Å². The van der Waals surface area contributed by atoms with E-state index in [1.165, 1.54) is 11.1 Å². The Bertz CT molecular complexity index is 417. The number of methoxy groups -OCH3 is 2. The van der Waals surface area contributed by atoms with Crippen molar-refractivity contribution in [2.45, 2.75) is 13.0 Å². The normalized spacial score (nSPS) is 17.1. The second kappa shape index (κ2) is 5.59. The molecule has 0 bridgehead atoms. The van der Waals surface area contributed by atoms with Gasteiger partial charge in [0.25, 0.3) is 0 Å². The van der Waals surface area contributed by atoms with E-state index in [0.717, 1.165) is 24.6 Å². The van der Waals surface area contributed by atoms with Crippen molar-refractivity contribution in [2.24, 2.45) is 5.92 Å². The van der Waals surface area contributed by atoms with Gasteiger partial charge in [-0.1, -0.05) is 0 Å². The van der Waals surface area contributed by atoms with Gasteiger partial charge in [-0.05, 0) is 25.6 Å². The molecular weight excluding hydrogens is 228 g/mol. The monoisotopic (exact) mass is 250 g/mol. The lowest BCUT2D eigenvalue weighted by Crippen LogP contribution is -2.48. The maximum Gasteiger partial charge on any atom is 0.127 e. The average molecular weight is 250 g/mol. The highest BCUT2D eigenvalue weighted by Gasteiger charge is 2.30. The lowest BCUT2D eigenvalue weighted by atomic mass is 9.86. The maximum atomic E-state index is 5.53. The predicted octanol–water partition coefficient (Wildman–Crippen LogP) is 1.49. The van der Waals surface area contributed by atoms with E-state index in [2.05, 4.69) is 23.6 Å². The number of aryl methyl sites for hydroxylation is 1. The molecule has 1 aromatic rings. The number of hydrogen-bond acceptors (Lipinski definition) is 4. The molecule has 2 N–H and O–H groups in total. The Labute approximate surface area is 109 Å². The first-order valence-electron chi connectivity index (χ1n) is 6.31. The second-order valence-corrected chi connectivity index (χ2v) is 4.74. The molecule has 1 saturated heterocycles. The van der Waals surface area contributed by atoms with Crippen LogP contribution in [0.4, 0.5) is 0 Å². The maximum absolute atomic E-state index is 5.53. The van der Waals surface area contributed by atoms with Gasteiger partial charge in [0, 0.05) is 36.7 Å². The lowest BCUT2D eigenvalue weighted by Gasteiger charge is -2.36. The quantitative estimate of drug-likeness (QED) is 0.831. The zero-order chi connectivity index (χ0) is 13.1. The fourth-order valence-corrected chi connectivity index (χ4v) is 2.58. The molecule has 1 atom stereocenters. The second-order valence-electron chi connectivity index (χ2n) is 4.74. The van der Waals surface area contributed by atoms with Crippen LogP contribution in [0.1, 0.15) is 17.2 Å². The SMILES string of the molecule is CNC(c1c(C)cc(OC)cc1OC)C1CNC1. The van der Waals surface area contributed by atoms with Crippen molar-refractivity contribution >= 4 is 0 Å². The third kappa shape index (κ3) is 2.31. The Kier molecular flexibility index (Phi) is 4.09. The van der Waals surface area contributed by atoms with Gasteiger partial charge in [0.1, 0.15) is 11.5 Å². The van der Waals surface area contributed by atoms with Crippen molar-refractivity contribution < 1.29 is 9.47 Å². The molecule has 2 rings (SSSR count). The van der Waals surface area contributed by atoms with Gasteiger partial charge in [0.05, 0.1) is 14.2 Å². The van der Waals surface area contributed by atoms with Crippen LogP contribution in [0.5, 0.6) is 11.5 Å². The van der Waals surface area contributed by atoms with Crippen molar-refractivity contribution in [1.29, 1.82) is 0 Å². The Hall–Kier alpha value is -1.26. The molecule has 0 aromatic heterocycles. The number of nitrogens with one attached hydrogen (secondary N) is 2. The van der Waals surface area contributed by atoms with Crippen molar-refractivity contribution in [3.8, 4) is 11.5 Å². The number of hydrogen-bond donors (Lipinski definition) is 2. The van der Waals surface area contributed by atoms with Crippen molar-refractivity contribution in [1.82, 2.24) is 10.6 Å². The molecule has 100 valence electrons. The standard InChI is InChI=1S/C14H22N2O2/c1-9-5-11(17-3)6-12(18-4)13(9)14(15-2)10-7-16-8-10/h5-6,10,14-16H,7-8H2,1-4H3. The zero-order valence-corrected chi connectivity index (χ0v) is 11.5. The summed E-state index contributed by atoms with van der Waals surface area (Å²) in [6.45, 7) is 4.22. The van der Waals surface area contributed by atoms with Crippen molar-refractivity contribution in [3.63, 3.8) is 0 Å². The summed E-state index contributed by atoms with van der Waals surface area (Å²) in [6.07, 6.45) is 0. The van der Waals surface area contributed by atoms with Gasteiger partial charge < -0.3 is 20.1 Å². The first-order valence-corrected chi connectivity index (χ1v) is 6.31. The molecule has 4 nitrogen and oxygen atoms in total. The van der Waals surface area contributed by atoms with E-state index in [1.807, 2.05) is 13.1 Å². The summed E-state index contributed by atoms with van der Waals surface area (Å²) >= 11 is 0. The molecule has 1 unspecified atom stereocenters. The van der Waals surface area contributed by atoms with E-state index < -0.39 is 0 Å². The molecule has 18 heavy (non-hydrogen) atoms. The Morgan fingerprint density at radius 1 is 1.28 bits per heavy atom. The van der Waals surface area contributed by atoms with Crippen LogP contribution in [-0.2, 0) is 0 Å². The van der Waals surface area contributed by atoms with Crippen LogP contribution in [0, 0.1) is 12.8 Å². The fraction of sp³-hybridized carbons (Fsp3) is 0.571. The van der Waals surface area contributed by atoms with E-state index in [0.29, 0.717) is 12.0 Å². The molecule has 1 aliphatic heterocycles.